The Morgan fingerprint density at radius 2 is 1.96 bits per heavy atom. The average Bonchev–Trinajstić information content (AvgIpc) is 2.99. The summed E-state index contributed by atoms with van der Waals surface area (Å²) in [5.41, 5.74) is 0.905. The molecular weight excluding hydrogens is 352 g/mol. The molecule has 0 saturated carbocycles. The van der Waals surface area contributed by atoms with Gasteiger partial charge < -0.3 is 10.2 Å². The third kappa shape index (κ3) is 4.26. The predicted octanol–water partition coefficient (Wildman–Crippen LogP) is 2.01. The molecule has 2 amide bonds. The maximum absolute atomic E-state index is 12.9. The number of carbonyl (C=O) groups excluding carboxylic acids is 2. The van der Waals surface area contributed by atoms with Crippen LogP contribution >= 0.6 is 0 Å². The Balaban J connectivity index is 1.71. The predicted molar refractivity (Wildman–Crippen MR) is 99.9 cm³/mol. The van der Waals surface area contributed by atoms with Crippen LogP contribution in [-0.2, 0) is 9.84 Å². The number of likely N-dealkylation sites (tertiary alicyclic amines) is 1. The zero-order valence-corrected chi connectivity index (χ0v) is 15.9. The minimum atomic E-state index is -3.04. The molecule has 2 fully saturated rings. The quantitative estimate of drug-likeness (QED) is 0.869. The molecule has 6 nitrogen and oxygen atoms in total. The Labute approximate surface area is 154 Å². The fourth-order valence-electron chi connectivity index (χ4n) is 3.83. The van der Waals surface area contributed by atoms with Crippen LogP contribution in [0.1, 0.15) is 59.7 Å². The molecule has 1 N–H and O–H groups in total. The van der Waals surface area contributed by atoms with Crippen molar-refractivity contribution >= 4 is 21.7 Å². The molecule has 1 aromatic carbocycles. The molecule has 2 heterocycles. The van der Waals surface area contributed by atoms with Gasteiger partial charge in [-0.05, 0) is 50.3 Å². The third-order valence-corrected chi connectivity index (χ3v) is 7.07. The van der Waals surface area contributed by atoms with E-state index < -0.39 is 9.84 Å². The Bertz CT molecular complexity index is 790. The molecule has 2 atom stereocenters. The highest BCUT2D eigenvalue weighted by Crippen LogP contribution is 2.22. The summed E-state index contributed by atoms with van der Waals surface area (Å²) in [6.07, 6.45) is 4.56. The smallest absolute Gasteiger partial charge is 0.254 e. The number of piperidine rings is 1. The standard InChI is InChI=1S/C19H26N2O4S/c1-2-17-8-3-4-10-21(17)19(23)15-7-5-6-14(12-15)18(22)20-16-9-11-26(24,25)13-16/h5-7,12,16-17H,2-4,8-11,13H2,1H3,(H,20,22). The van der Waals surface area contributed by atoms with Crippen molar-refractivity contribution in [3.05, 3.63) is 35.4 Å². The normalized spacial score (nSPS) is 25.0. The van der Waals surface area contributed by atoms with Crippen LogP contribution in [0.25, 0.3) is 0 Å². The second-order valence-corrected chi connectivity index (χ2v) is 9.44. The number of hydrogen-bond donors (Lipinski definition) is 1. The van der Waals surface area contributed by atoms with Crippen molar-refractivity contribution in [2.75, 3.05) is 18.1 Å². The van der Waals surface area contributed by atoms with E-state index in [1.54, 1.807) is 24.3 Å². The molecule has 7 heteroatoms. The third-order valence-electron chi connectivity index (χ3n) is 5.30. The summed E-state index contributed by atoms with van der Waals surface area (Å²) >= 11 is 0. The molecule has 3 rings (SSSR count). The Morgan fingerprint density at radius 3 is 2.65 bits per heavy atom. The molecule has 2 saturated heterocycles. The molecule has 2 aliphatic rings. The van der Waals surface area contributed by atoms with E-state index in [9.17, 15) is 18.0 Å². The lowest BCUT2D eigenvalue weighted by molar-refractivity contribution is 0.0608. The second kappa shape index (κ2) is 7.78. The fraction of sp³-hybridized carbons (Fsp3) is 0.579. The van der Waals surface area contributed by atoms with Gasteiger partial charge in [0.25, 0.3) is 11.8 Å². The van der Waals surface area contributed by atoms with Crippen LogP contribution in [-0.4, -0.2) is 55.3 Å². The summed E-state index contributed by atoms with van der Waals surface area (Å²) in [6, 6.07) is 6.63. The van der Waals surface area contributed by atoms with Crippen LogP contribution < -0.4 is 5.32 Å². The van der Waals surface area contributed by atoms with E-state index in [0.717, 1.165) is 32.2 Å². The maximum Gasteiger partial charge on any atom is 0.254 e. The first kappa shape index (κ1) is 18.9. The zero-order chi connectivity index (χ0) is 18.7. The van der Waals surface area contributed by atoms with Crippen molar-refractivity contribution in [1.82, 2.24) is 10.2 Å². The number of benzene rings is 1. The van der Waals surface area contributed by atoms with Gasteiger partial charge >= 0.3 is 0 Å². The molecule has 142 valence electrons. The van der Waals surface area contributed by atoms with Gasteiger partial charge in [-0.2, -0.15) is 0 Å². The number of rotatable bonds is 4. The molecule has 0 spiro atoms. The zero-order valence-electron chi connectivity index (χ0n) is 15.1. The first-order valence-electron chi connectivity index (χ1n) is 9.32. The number of sulfone groups is 1. The molecule has 0 aromatic heterocycles. The van der Waals surface area contributed by atoms with Crippen molar-refractivity contribution in [3.63, 3.8) is 0 Å². The van der Waals surface area contributed by atoms with Crippen LogP contribution in [0, 0.1) is 0 Å². The summed E-state index contributed by atoms with van der Waals surface area (Å²) < 4.78 is 23.1. The van der Waals surface area contributed by atoms with Crippen molar-refractivity contribution in [2.24, 2.45) is 0 Å². The summed E-state index contributed by atoms with van der Waals surface area (Å²) in [5.74, 6) is -0.255. The minimum absolute atomic E-state index is 0.0106. The van der Waals surface area contributed by atoms with Gasteiger partial charge in [-0.1, -0.05) is 13.0 Å². The van der Waals surface area contributed by atoms with Gasteiger partial charge in [0, 0.05) is 29.8 Å². The Kier molecular flexibility index (Phi) is 5.65. The largest absolute Gasteiger partial charge is 0.348 e. The monoisotopic (exact) mass is 378 g/mol. The van der Waals surface area contributed by atoms with E-state index >= 15 is 0 Å². The fourth-order valence-corrected chi connectivity index (χ4v) is 5.50. The molecule has 26 heavy (non-hydrogen) atoms. The van der Waals surface area contributed by atoms with Gasteiger partial charge in [-0.3, -0.25) is 9.59 Å². The number of nitrogens with one attached hydrogen (secondary N) is 1. The minimum Gasteiger partial charge on any atom is -0.348 e. The van der Waals surface area contributed by atoms with E-state index in [1.165, 1.54) is 0 Å². The lowest BCUT2D eigenvalue weighted by atomic mass is 9.98. The Hall–Kier alpha value is -1.89. The lowest BCUT2D eigenvalue weighted by Crippen LogP contribution is -2.43. The topological polar surface area (TPSA) is 83.6 Å². The van der Waals surface area contributed by atoms with Gasteiger partial charge in [0.2, 0.25) is 0 Å². The highest BCUT2D eigenvalue weighted by molar-refractivity contribution is 7.91. The van der Waals surface area contributed by atoms with Gasteiger partial charge in [0.05, 0.1) is 11.5 Å². The number of amides is 2. The number of hydrogen-bond acceptors (Lipinski definition) is 4. The lowest BCUT2D eigenvalue weighted by Gasteiger charge is -2.35. The number of nitrogens with zero attached hydrogens (tertiary/aromatic N) is 1. The Morgan fingerprint density at radius 1 is 1.19 bits per heavy atom. The van der Waals surface area contributed by atoms with E-state index in [4.69, 9.17) is 0 Å². The van der Waals surface area contributed by atoms with Crippen molar-refractivity contribution in [2.45, 2.75) is 51.1 Å². The molecule has 0 radical (unpaired) electrons. The van der Waals surface area contributed by atoms with Crippen molar-refractivity contribution in [3.8, 4) is 0 Å². The van der Waals surface area contributed by atoms with E-state index in [0.29, 0.717) is 17.5 Å². The van der Waals surface area contributed by atoms with Crippen LogP contribution in [0.3, 0.4) is 0 Å². The first-order chi connectivity index (χ1) is 12.4. The molecule has 2 aliphatic heterocycles. The maximum atomic E-state index is 12.9. The van der Waals surface area contributed by atoms with Crippen LogP contribution in [0.5, 0.6) is 0 Å². The van der Waals surface area contributed by atoms with Gasteiger partial charge in [0.1, 0.15) is 0 Å². The summed E-state index contributed by atoms with van der Waals surface area (Å²) in [6.45, 7) is 2.85. The van der Waals surface area contributed by atoms with Crippen LogP contribution in [0.15, 0.2) is 24.3 Å². The first-order valence-corrected chi connectivity index (χ1v) is 11.1. The molecule has 1 aromatic rings. The van der Waals surface area contributed by atoms with Gasteiger partial charge in [0.15, 0.2) is 9.84 Å². The van der Waals surface area contributed by atoms with Crippen molar-refractivity contribution in [1.29, 1.82) is 0 Å². The summed E-state index contributed by atoms with van der Waals surface area (Å²) in [5, 5.41) is 2.77. The molecular formula is C19H26N2O4S. The summed E-state index contributed by atoms with van der Waals surface area (Å²) in [7, 11) is -3.04. The SMILES string of the molecule is CCC1CCCCN1C(=O)c1cccc(C(=O)NC2CCS(=O)(=O)C2)c1. The summed E-state index contributed by atoms with van der Waals surface area (Å²) in [4.78, 5) is 27.3. The second-order valence-electron chi connectivity index (χ2n) is 7.21. The van der Waals surface area contributed by atoms with Crippen molar-refractivity contribution < 1.29 is 18.0 Å². The highest BCUT2D eigenvalue weighted by Gasteiger charge is 2.30. The molecule has 2 unspecified atom stereocenters. The highest BCUT2D eigenvalue weighted by atomic mass is 32.2. The van der Waals surface area contributed by atoms with Gasteiger partial charge in [-0.15, -0.1) is 0 Å². The van der Waals surface area contributed by atoms with E-state index in [-0.39, 0.29) is 35.4 Å². The van der Waals surface area contributed by atoms with E-state index in [2.05, 4.69) is 12.2 Å². The molecule has 0 bridgehead atoms. The number of carbonyl (C=O) groups is 2. The molecule has 0 aliphatic carbocycles. The van der Waals surface area contributed by atoms with Crippen LogP contribution in [0.2, 0.25) is 0 Å². The van der Waals surface area contributed by atoms with Crippen LogP contribution in [0.4, 0.5) is 0 Å². The van der Waals surface area contributed by atoms with Gasteiger partial charge in [-0.25, -0.2) is 8.42 Å². The average molecular weight is 378 g/mol. The van der Waals surface area contributed by atoms with E-state index in [1.807, 2.05) is 4.90 Å².